The summed E-state index contributed by atoms with van der Waals surface area (Å²) < 4.78 is 6.69. The Hall–Kier alpha value is -2.05. The monoisotopic (exact) mass is 344 g/mol. The van der Waals surface area contributed by atoms with Crippen LogP contribution in [-0.2, 0) is 4.79 Å². The van der Waals surface area contributed by atoms with Gasteiger partial charge in [0.1, 0.15) is 5.75 Å². The fourth-order valence-corrected chi connectivity index (χ4v) is 3.63. The molecule has 0 saturated heterocycles. The van der Waals surface area contributed by atoms with E-state index in [9.17, 15) is 4.79 Å². The summed E-state index contributed by atoms with van der Waals surface area (Å²) in [6.07, 6.45) is 1.42. The first kappa shape index (κ1) is 15.8. The van der Waals surface area contributed by atoms with Gasteiger partial charge in [0.15, 0.2) is 11.2 Å². The molecule has 0 radical (unpaired) electrons. The molecule has 118 valence electrons. The summed E-state index contributed by atoms with van der Waals surface area (Å²) >= 11 is 3.11. The first-order chi connectivity index (χ1) is 11.2. The maximum Gasteiger partial charge on any atom is 0.266 e. The highest BCUT2D eigenvalue weighted by molar-refractivity contribution is 7.98. The van der Waals surface area contributed by atoms with E-state index in [2.05, 4.69) is 10.3 Å². The average Bonchev–Trinajstić information content (AvgIpc) is 2.98. The third-order valence-corrected chi connectivity index (χ3v) is 4.96. The van der Waals surface area contributed by atoms with E-state index in [-0.39, 0.29) is 5.91 Å². The number of carbonyl (C=O) groups is 1. The van der Waals surface area contributed by atoms with Gasteiger partial charge in [0.05, 0.1) is 10.2 Å². The van der Waals surface area contributed by atoms with Crippen molar-refractivity contribution in [2.45, 2.75) is 17.9 Å². The minimum atomic E-state index is -0.593. The second-order valence-electron chi connectivity index (χ2n) is 4.89. The number of thioether (sulfide) groups is 1. The van der Waals surface area contributed by atoms with Crippen molar-refractivity contribution in [2.75, 3.05) is 11.6 Å². The Balaban J connectivity index is 1.72. The molecule has 2 aromatic carbocycles. The van der Waals surface area contributed by atoms with Crippen LogP contribution >= 0.6 is 23.1 Å². The lowest BCUT2D eigenvalue weighted by Gasteiger charge is -2.13. The maximum absolute atomic E-state index is 12.3. The van der Waals surface area contributed by atoms with Crippen LogP contribution in [0.3, 0.4) is 0 Å². The lowest BCUT2D eigenvalue weighted by molar-refractivity contribution is -0.122. The molecule has 3 rings (SSSR count). The molecule has 0 spiro atoms. The molecule has 0 fully saturated rings. The maximum atomic E-state index is 12.3. The fraction of sp³-hybridized carbons (Fsp3) is 0.176. The lowest BCUT2D eigenvalue weighted by Crippen LogP contribution is -2.30. The molecule has 0 aliphatic heterocycles. The van der Waals surface area contributed by atoms with Gasteiger partial charge in [0, 0.05) is 4.90 Å². The van der Waals surface area contributed by atoms with Crippen molar-refractivity contribution in [1.29, 1.82) is 0 Å². The van der Waals surface area contributed by atoms with Crippen molar-refractivity contribution in [3.8, 4) is 5.75 Å². The van der Waals surface area contributed by atoms with Crippen LogP contribution < -0.4 is 10.1 Å². The predicted octanol–water partition coefficient (Wildman–Crippen LogP) is 4.42. The van der Waals surface area contributed by atoms with E-state index >= 15 is 0 Å². The van der Waals surface area contributed by atoms with E-state index in [1.807, 2.05) is 54.8 Å². The summed E-state index contributed by atoms with van der Waals surface area (Å²) in [5, 5.41) is 3.43. The molecule has 0 bridgehead atoms. The molecule has 23 heavy (non-hydrogen) atoms. The van der Waals surface area contributed by atoms with E-state index in [1.165, 1.54) is 11.3 Å². The van der Waals surface area contributed by atoms with E-state index in [0.717, 1.165) is 15.1 Å². The number of amides is 1. The van der Waals surface area contributed by atoms with Crippen LogP contribution in [0, 0.1) is 0 Å². The minimum absolute atomic E-state index is 0.210. The molecule has 1 amide bonds. The number of rotatable bonds is 5. The molecule has 1 heterocycles. The molecular weight excluding hydrogens is 328 g/mol. The average molecular weight is 344 g/mol. The zero-order chi connectivity index (χ0) is 16.2. The highest BCUT2D eigenvalue weighted by Crippen LogP contribution is 2.32. The summed E-state index contributed by atoms with van der Waals surface area (Å²) in [6.45, 7) is 1.73. The topological polar surface area (TPSA) is 51.2 Å². The minimum Gasteiger partial charge on any atom is -0.481 e. The Kier molecular flexibility index (Phi) is 4.83. The fourth-order valence-electron chi connectivity index (χ4n) is 2.11. The third-order valence-electron chi connectivity index (χ3n) is 3.26. The van der Waals surface area contributed by atoms with E-state index in [0.29, 0.717) is 10.9 Å². The van der Waals surface area contributed by atoms with Crippen molar-refractivity contribution in [1.82, 2.24) is 4.98 Å². The van der Waals surface area contributed by atoms with Gasteiger partial charge < -0.3 is 4.74 Å². The van der Waals surface area contributed by atoms with Gasteiger partial charge in [0.2, 0.25) is 0 Å². The van der Waals surface area contributed by atoms with Crippen LogP contribution in [0.2, 0.25) is 0 Å². The van der Waals surface area contributed by atoms with Crippen LogP contribution in [0.25, 0.3) is 10.2 Å². The van der Waals surface area contributed by atoms with Gasteiger partial charge >= 0.3 is 0 Å². The molecule has 0 aliphatic carbocycles. The summed E-state index contributed by atoms with van der Waals surface area (Å²) in [6, 6.07) is 15.3. The molecule has 6 heteroatoms. The zero-order valence-electron chi connectivity index (χ0n) is 12.8. The van der Waals surface area contributed by atoms with Crippen LogP contribution in [0.1, 0.15) is 6.92 Å². The summed E-state index contributed by atoms with van der Waals surface area (Å²) in [4.78, 5) is 17.9. The SMILES string of the molecule is CSc1cccc2sc(NC(=O)C(C)Oc3ccccc3)nc12. The molecule has 1 atom stereocenters. The smallest absolute Gasteiger partial charge is 0.266 e. The Morgan fingerprint density at radius 2 is 2.00 bits per heavy atom. The van der Waals surface area contributed by atoms with Gasteiger partial charge in [-0.3, -0.25) is 10.1 Å². The molecule has 0 aliphatic rings. The second kappa shape index (κ2) is 7.02. The van der Waals surface area contributed by atoms with Crippen molar-refractivity contribution < 1.29 is 9.53 Å². The number of nitrogens with zero attached hydrogens (tertiary/aromatic N) is 1. The van der Waals surface area contributed by atoms with Crippen LogP contribution in [0.5, 0.6) is 5.75 Å². The van der Waals surface area contributed by atoms with Crippen molar-refractivity contribution in [2.24, 2.45) is 0 Å². The Morgan fingerprint density at radius 3 is 2.74 bits per heavy atom. The highest BCUT2D eigenvalue weighted by Gasteiger charge is 2.17. The number of para-hydroxylation sites is 2. The molecule has 1 N–H and O–H groups in total. The van der Waals surface area contributed by atoms with Gasteiger partial charge in [-0.15, -0.1) is 11.8 Å². The number of hydrogen-bond acceptors (Lipinski definition) is 5. The first-order valence-electron chi connectivity index (χ1n) is 7.13. The molecule has 1 aromatic heterocycles. The van der Waals surface area contributed by atoms with Crippen LogP contribution in [0.15, 0.2) is 53.4 Å². The summed E-state index contributed by atoms with van der Waals surface area (Å²) in [5.74, 6) is 0.461. The number of nitrogens with one attached hydrogen (secondary N) is 1. The number of benzene rings is 2. The molecule has 4 nitrogen and oxygen atoms in total. The zero-order valence-corrected chi connectivity index (χ0v) is 14.4. The predicted molar refractivity (Wildman–Crippen MR) is 96.6 cm³/mol. The van der Waals surface area contributed by atoms with Gasteiger partial charge in [0.25, 0.3) is 5.91 Å². The summed E-state index contributed by atoms with van der Waals surface area (Å²) in [7, 11) is 0. The number of anilines is 1. The third kappa shape index (κ3) is 3.65. The first-order valence-corrected chi connectivity index (χ1v) is 9.17. The Labute approximate surface area is 142 Å². The number of hydrogen-bond donors (Lipinski definition) is 1. The van der Waals surface area contributed by atoms with E-state index in [1.54, 1.807) is 18.7 Å². The Morgan fingerprint density at radius 1 is 1.22 bits per heavy atom. The molecular formula is C17H16N2O2S2. The van der Waals surface area contributed by atoms with Gasteiger partial charge in [-0.2, -0.15) is 0 Å². The molecule has 3 aromatic rings. The summed E-state index contributed by atoms with van der Waals surface area (Å²) in [5.41, 5.74) is 0.928. The number of ether oxygens (including phenoxy) is 1. The highest BCUT2D eigenvalue weighted by atomic mass is 32.2. The largest absolute Gasteiger partial charge is 0.481 e. The number of fused-ring (bicyclic) bond motifs is 1. The van der Waals surface area contributed by atoms with Gasteiger partial charge in [-0.25, -0.2) is 4.98 Å². The quantitative estimate of drug-likeness (QED) is 0.696. The van der Waals surface area contributed by atoms with Crippen molar-refractivity contribution >= 4 is 44.4 Å². The number of thiazole rings is 1. The number of aromatic nitrogens is 1. The van der Waals surface area contributed by atoms with Crippen molar-refractivity contribution in [3.63, 3.8) is 0 Å². The van der Waals surface area contributed by atoms with Crippen molar-refractivity contribution in [3.05, 3.63) is 48.5 Å². The van der Waals surface area contributed by atoms with E-state index < -0.39 is 6.10 Å². The van der Waals surface area contributed by atoms with Gasteiger partial charge in [-0.05, 0) is 37.4 Å². The Bertz CT molecular complexity index is 818. The van der Waals surface area contributed by atoms with E-state index in [4.69, 9.17) is 4.74 Å². The lowest BCUT2D eigenvalue weighted by atomic mass is 10.3. The van der Waals surface area contributed by atoms with Gasteiger partial charge in [-0.1, -0.05) is 35.6 Å². The molecule has 1 unspecified atom stereocenters. The molecule has 0 saturated carbocycles. The number of carbonyl (C=O) groups excluding carboxylic acids is 1. The standard InChI is InChI=1S/C17H16N2O2S2/c1-11(21-12-7-4-3-5-8-12)16(20)19-17-18-15-13(22-2)9-6-10-14(15)23-17/h3-11H,1-2H3,(H,18,19,20). The van der Waals surface area contributed by atoms with Crippen LogP contribution in [0.4, 0.5) is 5.13 Å². The second-order valence-corrected chi connectivity index (χ2v) is 6.77. The normalized spacial score (nSPS) is 12.1. The van der Waals surface area contributed by atoms with Crippen LogP contribution in [-0.4, -0.2) is 23.3 Å².